The second kappa shape index (κ2) is 5.45. The zero-order valence-electron chi connectivity index (χ0n) is 13.8. The van der Waals surface area contributed by atoms with Crippen molar-refractivity contribution in [3.05, 3.63) is 12.2 Å². The molecule has 114 valence electrons. The second-order valence-electron chi connectivity index (χ2n) is 7.16. The van der Waals surface area contributed by atoms with E-state index in [1.165, 1.54) is 0 Å². The molecule has 1 saturated heterocycles. The number of aromatic nitrogens is 3. The third-order valence-electron chi connectivity index (χ3n) is 4.53. The molecule has 0 spiro atoms. The lowest BCUT2D eigenvalue weighted by Gasteiger charge is -2.51. The summed E-state index contributed by atoms with van der Waals surface area (Å²) in [5, 5.41) is 8.02. The molecule has 1 aliphatic heterocycles. The van der Waals surface area contributed by atoms with E-state index in [1.807, 2.05) is 4.68 Å². The average Bonchev–Trinajstić information content (AvgIpc) is 2.82. The Balaban J connectivity index is 2.21. The topological polar surface area (TPSA) is 46.0 Å². The Morgan fingerprint density at radius 2 is 2.05 bits per heavy atom. The van der Waals surface area contributed by atoms with Gasteiger partial charge >= 0.3 is 0 Å². The first-order valence-corrected chi connectivity index (χ1v) is 7.66. The van der Waals surface area contributed by atoms with E-state index in [-0.39, 0.29) is 11.1 Å². The van der Waals surface area contributed by atoms with Gasteiger partial charge in [-0.2, -0.15) is 5.10 Å². The molecule has 1 aliphatic rings. The van der Waals surface area contributed by atoms with Gasteiger partial charge in [0.1, 0.15) is 12.2 Å². The van der Waals surface area contributed by atoms with E-state index in [4.69, 9.17) is 0 Å². The maximum Gasteiger partial charge on any atom is 0.141 e. The SMILES string of the molecule is CCC1(C)CNC(C)(C)CN1Cc1ncnn1C(C)C. The standard InChI is InChI=1S/C15H29N5/c1-7-15(6)9-17-14(4,5)10-19(15)8-13-16-11-18-20(13)12(2)3/h11-12,17H,7-10H2,1-6H3. The van der Waals surface area contributed by atoms with Gasteiger partial charge in [-0.15, -0.1) is 0 Å². The van der Waals surface area contributed by atoms with Crippen molar-refractivity contribution in [1.82, 2.24) is 25.0 Å². The van der Waals surface area contributed by atoms with E-state index in [0.717, 1.165) is 31.9 Å². The first-order valence-electron chi connectivity index (χ1n) is 7.66. The van der Waals surface area contributed by atoms with Gasteiger partial charge in [-0.05, 0) is 41.0 Å². The van der Waals surface area contributed by atoms with Crippen LogP contribution in [-0.2, 0) is 6.54 Å². The Morgan fingerprint density at radius 3 is 2.65 bits per heavy atom. The van der Waals surface area contributed by atoms with E-state index < -0.39 is 0 Å². The lowest BCUT2D eigenvalue weighted by Crippen LogP contribution is -2.66. The first-order chi connectivity index (χ1) is 9.27. The largest absolute Gasteiger partial charge is 0.309 e. The zero-order chi connectivity index (χ0) is 15.0. The molecule has 1 unspecified atom stereocenters. The van der Waals surface area contributed by atoms with Crippen LogP contribution in [0.5, 0.6) is 0 Å². The van der Waals surface area contributed by atoms with Gasteiger partial charge in [-0.1, -0.05) is 6.92 Å². The van der Waals surface area contributed by atoms with E-state index in [9.17, 15) is 0 Å². The van der Waals surface area contributed by atoms with Crippen LogP contribution >= 0.6 is 0 Å². The molecular formula is C15H29N5. The van der Waals surface area contributed by atoms with Crippen molar-refractivity contribution in [3.63, 3.8) is 0 Å². The fourth-order valence-corrected chi connectivity index (χ4v) is 2.85. The number of nitrogens with one attached hydrogen (secondary N) is 1. The minimum Gasteiger partial charge on any atom is -0.309 e. The van der Waals surface area contributed by atoms with Crippen LogP contribution in [0.1, 0.15) is 59.8 Å². The zero-order valence-corrected chi connectivity index (χ0v) is 13.8. The van der Waals surface area contributed by atoms with Gasteiger partial charge in [-0.3, -0.25) is 4.90 Å². The molecule has 0 radical (unpaired) electrons. The third-order valence-corrected chi connectivity index (χ3v) is 4.53. The molecule has 5 nitrogen and oxygen atoms in total. The maximum atomic E-state index is 4.47. The van der Waals surface area contributed by atoms with Gasteiger partial charge in [0, 0.05) is 30.2 Å². The summed E-state index contributed by atoms with van der Waals surface area (Å²) < 4.78 is 2.03. The number of hydrogen-bond acceptors (Lipinski definition) is 4. The van der Waals surface area contributed by atoms with Crippen LogP contribution in [0.2, 0.25) is 0 Å². The highest BCUT2D eigenvalue weighted by Gasteiger charge is 2.40. The van der Waals surface area contributed by atoms with E-state index in [0.29, 0.717) is 6.04 Å². The average molecular weight is 279 g/mol. The lowest BCUT2D eigenvalue weighted by molar-refractivity contribution is 0.0143. The van der Waals surface area contributed by atoms with Crippen LogP contribution in [0.15, 0.2) is 6.33 Å². The van der Waals surface area contributed by atoms with Crippen molar-refractivity contribution in [2.24, 2.45) is 0 Å². The highest BCUT2D eigenvalue weighted by Crippen LogP contribution is 2.28. The Hall–Kier alpha value is -0.940. The maximum absolute atomic E-state index is 4.47. The molecule has 0 aromatic carbocycles. The van der Waals surface area contributed by atoms with Gasteiger partial charge < -0.3 is 5.32 Å². The van der Waals surface area contributed by atoms with Crippen molar-refractivity contribution in [1.29, 1.82) is 0 Å². The summed E-state index contributed by atoms with van der Waals surface area (Å²) in [6, 6.07) is 0.358. The minimum absolute atomic E-state index is 0.150. The molecule has 1 N–H and O–H groups in total. The van der Waals surface area contributed by atoms with Crippen molar-refractivity contribution in [3.8, 4) is 0 Å². The Bertz CT molecular complexity index is 451. The van der Waals surface area contributed by atoms with Crippen LogP contribution in [0.3, 0.4) is 0 Å². The van der Waals surface area contributed by atoms with Crippen molar-refractivity contribution in [2.45, 2.75) is 71.6 Å². The van der Waals surface area contributed by atoms with Gasteiger partial charge in [-0.25, -0.2) is 9.67 Å². The molecule has 1 fully saturated rings. The molecule has 20 heavy (non-hydrogen) atoms. The molecule has 0 bridgehead atoms. The molecule has 5 heteroatoms. The van der Waals surface area contributed by atoms with Gasteiger partial charge in [0.2, 0.25) is 0 Å². The van der Waals surface area contributed by atoms with Crippen LogP contribution < -0.4 is 5.32 Å². The molecule has 0 amide bonds. The number of piperazine rings is 1. The molecule has 2 heterocycles. The van der Waals surface area contributed by atoms with E-state index in [2.05, 4.69) is 61.8 Å². The fraction of sp³-hybridized carbons (Fsp3) is 0.867. The van der Waals surface area contributed by atoms with Gasteiger partial charge in [0.15, 0.2) is 0 Å². The van der Waals surface area contributed by atoms with Gasteiger partial charge in [0.25, 0.3) is 0 Å². The van der Waals surface area contributed by atoms with Crippen molar-refractivity contribution in [2.75, 3.05) is 13.1 Å². The number of hydrogen-bond donors (Lipinski definition) is 1. The molecule has 0 aliphatic carbocycles. The summed E-state index contributed by atoms with van der Waals surface area (Å²) in [6.45, 7) is 16.4. The molecule has 1 aromatic heterocycles. The predicted molar refractivity (Wildman–Crippen MR) is 81.6 cm³/mol. The molecular weight excluding hydrogens is 250 g/mol. The molecule has 0 saturated carbocycles. The Labute approximate surface area is 122 Å². The first kappa shape index (κ1) is 15.4. The highest BCUT2D eigenvalue weighted by atomic mass is 15.4. The van der Waals surface area contributed by atoms with Crippen molar-refractivity contribution < 1.29 is 0 Å². The molecule has 1 atom stereocenters. The van der Waals surface area contributed by atoms with E-state index in [1.54, 1.807) is 6.33 Å². The van der Waals surface area contributed by atoms with Crippen molar-refractivity contribution >= 4 is 0 Å². The fourth-order valence-electron chi connectivity index (χ4n) is 2.85. The Kier molecular flexibility index (Phi) is 4.21. The highest BCUT2D eigenvalue weighted by molar-refractivity contribution is 5.01. The minimum atomic E-state index is 0.150. The second-order valence-corrected chi connectivity index (χ2v) is 7.16. The number of rotatable bonds is 4. The molecule has 1 aromatic rings. The van der Waals surface area contributed by atoms with Gasteiger partial charge in [0.05, 0.1) is 6.54 Å². The third kappa shape index (κ3) is 3.04. The summed E-state index contributed by atoms with van der Waals surface area (Å²) in [4.78, 5) is 7.03. The van der Waals surface area contributed by atoms with Crippen LogP contribution in [0.4, 0.5) is 0 Å². The summed E-state index contributed by atoms with van der Waals surface area (Å²) >= 11 is 0. The predicted octanol–water partition coefficient (Wildman–Crippen LogP) is 2.21. The smallest absolute Gasteiger partial charge is 0.141 e. The monoisotopic (exact) mass is 279 g/mol. The van der Waals surface area contributed by atoms with Crippen LogP contribution in [0.25, 0.3) is 0 Å². The summed E-state index contributed by atoms with van der Waals surface area (Å²) in [5.41, 5.74) is 0.334. The molecule has 2 rings (SSSR count). The quantitative estimate of drug-likeness (QED) is 0.918. The van der Waals surface area contributed by atoms with Crippen LogP contribution in [0, 0.1) is 0 Å². The Morgan fingerprint density at radius 1 is 1.35 bits per heavy atom. The summed E-state index contributed by atoms with van der Waals surface area (Å²) in [7, 11) is 0. The lowest BCUT2D eigenvalue weighted by atomic mass is 9.88. The summed E-state index contributed by atoms with van der Waals surface area (Å²) in [5.74, 6) is 1.07. The normalized spacial score (nSPS) is 27.1. The summed E-state index contributed by atoms with van der Waals surface area (Å²) in [6.07, 6.45) is 2.80. The van der Waals surface area contributed by atoms with Crippen LogP contribution in [-0.4, -0.2) is 43.8 Å². The van der Waals surface area contributed by atoms with E-state index >= 15 is 0 Å². The number of nitrogens with zero attached hydrogens (tertiary/aromatic N) is 4.